The first-order valence-electron chi connectivity index (χ1n) is 12.0. The summed E-state index contributed by atoms with van der Waals surface area (Å²) < 4.78 is 14.3. The van der Waals surface area contributed by atoms with Gasteiger partial charge in [-0.05, 0) is 36.4 Å². The van der Waals surface area contributed by atoms with E-state index in [-0.39, 0.29) is 17.4 Å². The number of carboxylic acid groups (broad SMARTS) is 1. The minimum atomic E-state index is -1.01. The van der Waals surface area contributed by atoms with Crippen molar-refractivity contribution in [2.75, 3.05) is 50.0 Å². The van der Waals surface area contributed by atoms with Gasteiger partial charge in [0, 0.05) is 45.0 Å². The highest BCUT2D eigenvalue weighted by atomic mass is 32.1. The van der Waals surface area contributed by atoms with Crippen LogP contribution in [-0.2, 0) is 11.3 Å². The van der Waals surface area contributed by atoms with Gasteiger partial charge in [0.2, 0.25) is 11.8 Å². The van der Waals surface area contributed by atoms with Crippen molar-refractivity contribution in [1.82, 2.24) is 29.0 Å². The molecule has 1 aliphatic rings. The molecular formula is C24H24N8O5S. The second-order valence-corrected chi connectivity index (χ2v) is 9.76. The van der Waals surface area contributed by atoms with Gasteiger partial charge in [-0.2, -0.15) is 9.50 Å². The Balaban J connectivity index is 1.12. The predicted octanol–water partition coefficient (Wildman–Crippen LogP) is 1.63. The third-order valence-electron chi connectivity index (χ3n) is 6.43. The van der Waals surface area contributed by atoms with Gasteiger partial charge >= 0.3 is 10.8 Å². The molecular weight excluding hydrogens is 512 g/mol. The van der Waals surface area contributed by atoms with Gasteiger partial charge in [0.05, 0.1) is 6.26 Å². The van der Waals surface area contributed by atoms with Crippen LogP contribution in [0.25, 0.3) is 27.6 Å². The minimum Gasteiger partial charge on any atom is -0.482 e. The Kier molecular flexibility index (Phi) is 6.17. The maximum absolute atomic E-state index is 12.9. The van der Waals surface area contributed by atoms with E-state index in [4.69, 9.17) is 20.0 Å². The number of thiazole rings is 1. The molecule has 0 unspecified atom stereocenters. The van der Waals surface area contributed by atoms with Crippen LogP contribution in [0.3, 0.4) is 0 Å². The summed E-state index contributed by atoms with van der Waals surface area (Å²) in [5.41, 5.74) is 8.21. The molecule has 5 heterocycles. The van der Waals surface area contributed by atoms with E-state index in [0.717, 1.165) is 43.2 Å². The standard InChI is InChI=1S/C24H24N8O5S/c25-23-27-21-19(22-26-20(28-32(22)23)17-2-1-13-36-17)38-24(35)31(21)12-9-29-7-10-30(11-8-29)15-3-5-16(6-4-15)37-14-18(33)34/h1-6,13H,7-12,14H2,(H2,25,27)(H,33,34). The van der Waals surface area contributed by atoms with Crippen LogP contribution in [0.2, 0.25) is 0 Å². The Labute approximate surface area is 219 Å². The summed E-state index contributed by atoms with van der Waals surface area (Å²) in [6, 6.07) is 10.9. The predicted molar refractivity (Wildman–Crippen MR) is 141 cm³/mol. The van der Waals surface area contributed by atoms with Gasteiger partial charge in [-0.15, -0.1) is 5.10 Å². The van der Waals surface area contributed by atoms with E-state index >= 15 is 0 Å². The minimum absolute atomic E-state index is 0.119. The van der Waals surface area contributed by atoms with Gasteiger partial charge in [0.15, 0.2) is 23.7 Å². The Morgan fingerprint density at radius 3 is 2.58 bits per heavy atom. The lowest BCUT2D eigenvalue weighted by Crippen LogP contribution is -2.47. The summed E-state index contributed by atoms with van der Waals surface area (Å²) >= 11 is 1.08. The van der Waals surface area contributed by atoms with Crippen LogP contribution in [0.5, 0.6) is 5.75 Å². The number of aromatic nitrogens is 5. The summed E-state index contributed by atoms with van der Waals surface area (Å²) in [7, 11) is 0. The van der Waals surface area contributed by atoms with E-state index in [9.17, 15) is 9.59 Å². The Bertz CT molecular complexity index is 1650. The number of hydrogen-bond acceptors (Lipinski definition) is 11. The van der Waals surface area contributed by atoms with E-state index in [0.29, 0.717) is 46.4 Å². The van der Waals surface area contributed by atoms with E-state index in [1.807, 2.05) is 12.1 Å². The highest BCUT2D eigenvalue weighted by molar-refractivity contribution is 7.17. The molecule has 0 aliphatic carbocycles. The maximum Gasteiger partial charge on any atom is 0.341 e. The fourth-order valence-electron chi connectivity index (χ4n) is 4.51. The first kappa shape index (κ1) is 23.9. The highest BCUT2D eigenvalue weighted by Crippen LogP contribution is 2.26. The highest BCUT2D eigenvalue weighted by Gasteiger charge is 2.21. The lowest BCUT2D eigenvalue weighted by molar-refractivity contribution is -0.139. The summed E-state index contributed by atoms with van der Waals surface area (Å²) in [6.45, 7) is 4.15. The third kappa shape index (κ3) is 4.54. The van der Waals surface area contributed by atoms with Crippen LogP contribution >= 0.6 is 11.3 Å². The summed E-state index contributed by atoms with van der Waals surface area (Å²) in [5.74, 6) is 0.557. The lowest BCUT2D eigenvalue weighted by Gasteiger charge is -2.36. The van der Waals surface area contributed by atoms with Gasteiger partial charge < -0.3 is 24.9 Å². The Morgan fingerprint density at radius 2 is 1.87 bits per heavy atom. The number of fused-ring (bicyclic) bond motifs is 3. The first-order chi connectivity index (χ1) is 18.5. The largest absolute Gasteiger partial charge is 0.482 e. The summed E-state index contributed by atoms with van der Waals surface area (Å²) in [6.07, 6.45) is 1.54. The molecule has 1 saturated heterocycles. The van der Waals surface area contributed by atoms with Gasteiger partial charge in [0.1, 0.15) is 10.4 Å². The summed E-state index contributed by atoms with van der Waals surface area (Å²) in [4.78, 5) is 37.1. The number of nitrogens with two attached hydrogens (primary N) is 1. The molecule has 0 saturated carbocycles. The second-order valence-electron chi connectivity index (χ2n) is 8.80. The zero-order valence-electron chi connectivity index (χ0n) is 20.2. The van der Waals surface area contributed by atoms with Crippen LogP contribution in [-0.4, -0.2) is 79.5 Å². The zero-order valence-corrected chi connectivity index (χ0v) is 21.0. The number of nitrogen functional groups attached to an aromatic ring is 1. The lowest BCUT2D eigenvalue weighted by atomic mass is 10.2. The molecule has 0 bridgehead atoms. The van der Waals surface area contributed by atoms with Gasteiger partial charge in [-0.3, -0.25) is 14.3 Å². The van der Waals surface area contributed by atoms with Gasteiger partial charge in [-0.1, -0.05) is 11.3 Å². The topological polar surface area (TPSA) is 157 Å². The molecule has 4 aromatic heterocycles. The molecule has 0 amide bonds. The number of carboxylic acids is 1. The molecule has 5 aromatic rings. The Hall–Kier alpha value is -4.43. The Morgan fingerprint density at radius 1 is 1.08 bits per heavy atom. The molecule has 0 spiro atoms. The number of piperazine rings is 1. The number of rotatable bonds is 8. The van der Waals surface area contributed by atoms with E-state index in [1.165, 1.54) is 4.52 Å². The van der Waals surface area contributed by atoms with Crippen LogP contribution < -0.4 is 20.2 Å². The van der Waals surface area contributed by atoms with Gasteiger partial charge in [0.25, 0.3) is 0 Å². The number of nitrogens with zero attached hydrogens (tertiary/aromatic N) is 7. The molecule has 1 fully saturated rings. The second kappa shape index (κ2) is 9.79. The zero-order chi connectivity index (χ0) is 26.2. The fourth-order valence-corrected chi connectivity index (χ4v) is 5.44. The molecule has 1 aromatic carbocycles. The average Bonchev–Trinajstić information content (AvgIpc) is 3.66. The van der Waals surface area contributed by atoms with Crippen molar-refractivity contribution in [1.29, 1.82) is 0 Å². The van der Waals surface area contributed by atoms with Crippen LogP contribution in [0.4, 0.5) is 11.6 Å². The average molecular weight is 537 g/mol. The molecule has 0 radical (unpaired) electrons. The number of aliphatic carboxylic acids is 1. The fraction of sp³-hybridized carbons (Fsp3) is 0.292. The monoisotopic (exact) mass is 536 g/mol. The van der Waals surface area contributed by atoms with E-state index in [2.05, 4.69) is 24.9 Å². The number of furan rings is 1. The van der Waals surface area contributed by atoms with E-state index < -0.39 is 5.97 Å². The van der Waals surface area contributed by atoms with Crippen molar-refractivity contribution in [2.24, 2.45) is 0 Å². The molecule has 0 atom stereocenters. The number of benzene rings is 1. The molecule has 3 N–H and O–H groups in total. The summed E-state index contributed by atoms with van der Waals surface area (Å²) in [5, 5.41) is 13.1. The molecule has 13 nitrogen and oxygen atoms in total. The van der Waals surface area contributed by atoms with Crippen molar-refractivity contribution in [3.8, 4) is 17.3 Å². The smallest absolute Gasteiger partial charge is 0.341 e. The van der Waals surface area contributed by atoms with Crippen molar-refractivity contribution in [2.45, 2.75) is 6.54 Å². The molecule has 196 valence electrons. The third-order valence-corrected chi connectivity index (χ3v) is 7.40. The number of ether oxygens (including phenoxy) is 1. The number of carbonyl (C=O) groups is 1. The molecule has 14 heteroatoms. The number of anilines is 2. The van der Waals surface area contributed by atoms with Crippen LogP contribution in [0, 0.1) is 0 Å². The van der Waals surface area contributed by atoms with Crippen molar-refractivity contribution >= 4 is 44.9 Å². The van der Waals surface area contributed by atoms with Crippen molar-refractivity contribution in [3.05, 3.63) is 52.3 Å². The normalized spacial score (nSPS) is 14.5. The van der Waals surface area contributed by atoms with Crippen molar-refractivity contribution in [3.63, 3.8) is 0 Å². The van der Waals surface area contributed by atoms with Gasteiger partial charge in [-0.25, -0.2) is 9.78 Å². The maximum atomic E-state index is 12.9. The SMILES string of the molecule is Nc1nc2c(sc(=O)n2CCN2CCN(c3ccc(OCC(=O)O)cc3)CC2)c2nc(-c3ccco3)nn12. The van der Waals surface area contributed by atoms with Crippen molar-refractivity contribution < 1.29 is 19.1 Å². The van der Waals surface area contributed by atoms with Crippen LogP contribution in [0.15, 0.2) is 51.9 Å². The number of hydrogen-bond donors (Lipinski definition) is 2. The molecule has 1 aliphatic heterocycles. The van der Waals surface area contributed by atoms with E-state index in [1.54, 1.807) is 35.1 Å². The molecule has 6 rings (SSSR count). The molecule has 38 heavy (non-hydrogen) atoms. The van der Waals surface area contributed by atoms with Crippen LogP contribution in [0.1, 0.15) is 0 Å². The quantitative estimate of drug-likeness (QED) is 0.297. The first-order valence-corrected chi connectivity index (χ1v) is 12.8.